The van der Waals surface area contributed by atoms with Crippen molar-refractivity contribution in [2.24, 2.45) is 0 Å². The first-order valence-electron chi connectivity index (χ1n) is 4.76. The molecule has 7 heteroatoms. The number of hydrogen-bond acceptors (Lipinski definition) is 4. The first-order valence-corrected chi connectivity index (χ1v) is 5.30. The molecule has 6 nitrogen and oxygen atoms in total. The number of alkyl halides is 1. The van der Waals surface area contributed by atoms with E-state index in [9.17, 15) is 14.9 Å². The summed E-state index contributed by atoms with van der Waals surface area (Å²) >= 11 is 5.45. The minimum absolute atomic E-state index is 0.0464. The minimum atomic E-state index is -1.22. The van der Waals surface area contributed by atoms with Gasteiger partial charge < -0.3 is 9.84 Å². The van der Waals surface area contributed by atoms with Gasteiger partial charge in [0.2, 0.25) is 0 Å². The third-order valence-electron chi connectivity index (χ3n) is 1.94. The second-order valence-corrected chi connectivity index (χ2v) is 3.51. The fourth-order valence-corrected chi connectivity index (χ4v) is 1.26. The predicted octanol–water partition coefficient (Wildman–Crippen LogP) is 2.30. The van der Waals surface area contributed by atoms with Crippen molar-refractivity contribution < 1.29 is 19.6 Å². The largest absolute Gasteiger partial charge is 0.487 e. The summed E-state index contributed by atoms with van der Waals surface area (Å²) in [5.41, 5.74) is -0.513. The maximum Gasteiger partial charge on any atom is 0.335 e. The number of benzene rings is 1. The standard InChI is InChI=1S/C10H10ClNO5/c11-4-1-5-17-9-3-2-7(10(13)14)6-8(9)12(15)16/h2-3,6H,1,4-5H2,(H,13,14). The molecular weight excluding hydrogens is 250 g/mol. The monoisotopic (exact) mass is 259 g/mol. The van der Waals surface area contributed by atoms with Gasteiger partial charge in [-0.05, 0) is 18.6 Å². The minimum Gasteiger partial charge on any atom is -0.487 e. The highest BCUT2D eigenvalue weighted by molar-refractivity contribution is 6.17. The molecule has 0 amide bonds. The molecule has 0 heterocycles. The molecule has 0 saturated carbocycles. The summed E-state index contributed by atoms with van der Waals surface area (Å²) < 4.78 is 5.15. The SMILES string of the molecule is O=C(O)c1ccc(OCCCCl)c([N+](=O)[O-])c1. The number of nitro groups is 1. The van der Waals surface area contributed by atoms with Gasteiger partial charge in [-0.1, -0.05) is 0 Å². The Morgan fingerprint density at radius 3 is 2.76 bits per heavy atom. The van der Waals surface area contributed by atoms with Crippen molar-refractivity contribution in [1.82, 2.24) is 0 Å². The van der Waals surface area contributed by atoms with Crippen LogP contribution in [0.2, 0.25) is 0 Å². The molecule has 17 heavy (non-hydrogen) atoms. The van der Waals surface area contributed by atoms with E-state index in [0.29, 0.717) is 12.3 Å². The molecule has 1 N–H and O–H groups in total. The lowest BCUT2D eigenvalue weighted by molar-refractivity contribution is -0.385. The third kappa shape index (κ3) is 3.60. The smallest absolute Gasteiger partial charge is 0.335 e. The molecule has 0 aliphatic carbocycles. The molecule has 0 bridgehead atoms. The predicted molar refractivity (Wildman–Crippen MR) is 60.9 cm³/mol. The van der Waals surface area contributed by atoms with Crippen LogP contribution in [0.4, 0.5) is 5.69 Å². The van der Waals surface area contributed by atoms with Crippen molar-refractivity contribution >= 4 is 23.3 Å². The Morgan fingerprint density at radius 2 is 2.24 bits per heavy atom. The van der Waals surface area contributed by atoms with Crippen LogP contribution in [-0.4, -0.2) is 28.5 Å². The number of carboxylic acids is 1. The van der Waals surface area contributed by atoms with E-state index >= 15 is 0 Å². The number of carboxylic acid groups (broad SMARTS) is 1. The van der Waals surface area contributed by atoms with Crippen molar-refractivity contribution in [3.63, 3.8) is 0 Å². The maximum atomic E-state index is 10.7. The fraction of sp³-hybridized carbons (Fsp3) is 0.300. The molecule has 0 unspecified atom stereocenters. The van der Waals surface area contributed by atoms with E-state index in [1.54, 1.807) is 0 Å². The maximum absolute atomic E-state index is 10.7. The number of carbonyl (C=O) groups is 1. The van der Waals surface area contributed by atoms with E-state index in [2.05, 4.69) is 0 Å². The van der Waals surface area contributed by atoms with Crippen LogP contribution < -0.4 is 4.74 Å². The van der Waals surface area contributed by atoms with Gasteiger partial charge in [-0.3, -0.25) is 10.1 Å². The van der Waals surface area contributed by atoms with E-state index in [0.717, 1.165) is 6.07 Å². The Balaban J connectivity index is 2.96. The molecule has 0 aliphatic rings. The topological polar surface area (TPSA) is 89.7 Å². The highest BCUT2D eigenvalue weighted by atomic mass is 35.5. The van der Waals surface area contributed by atoms with Gasteiger partial charge in [0, 0.05) is 11.9 Å². The van der Waals surface area contributed by atoms with Gasteiger partial charge in [-0.2, -0.15) is 0 Å². The molecule has 1 aromatic rings. The number of halogens is 1. The summed E-state index contributed by atoms with van der Waals surface area (Å²) in [6.07, 6.45) is 0.555. The summed E-state index contributed by atoms with van der Waals surface area (Å²) in [6, 6.07) is 3.50. The fourth-order valence-electron chi connectivity index (χ4n) is 1.15. The van der Waals surface area contributed by atoms with E-state index < -0.39 is 10.9 Å². The number of aromatic carboxylic acids is 1. The lowest BCUT2D eigenvalue weighted by atomic mass is 10.2. The second kappa shape index (κ2) is 6.05. The summed E-state index contributed by atoms with van der Waals surface area (Å²) in [4.78, 5) is 20.7. The van der Waals surface area contributed by atoms with Crippen molar-refractivity contribution in [1.29, 1.82) is 0 Å². The lowest BCUT2D eigenvalue weighted by Crippen LogP contribution is -2.03. The zero-order valence-corrected chi connectivity index (χ0v) is 9.51. The highest BCUT2D eigenvalue weighted by Crippen LogP contribution is 2.28. The van der Waals surface area contributed by atoms with Crippen LogP contribution in [0.15, 0.2) is 18.2 Å². The van der Waals surface area contributed by atoms with Gasteiger partial charge in [0.05, 0.1) is 17.1 Å². The Morgan fingerprint density at radius 1 is 1.53 bits per heavy atom. The Kier molecular flexibility index (Phi) is 4.71. The Hall–Kier alpha value is -1.82. The zero-order valence-electron chi connectivity index (χ0n) is 8.76. The second-order valence-electron chi connectivity index (χ2n) is 3.14. The number of nitro benzene ring substituents is 1. The van der Waals surface area contributed by atoms with Crippen LogP contribution in [0, 0.1) is 10.1 Å². The Labute approximate surface area is 102 Å². The van der Waals surface area contributed by atoms with Crippen molar-refractivity contribution in [2.45, 2.75) is 6.42 Å². The quantitative estimate of drug-likeness (QED) is 0.366. The Bertz CT molecular complexity index is 435. The molecule has 1 rings (SSSR count). The number of ether oxygens (including phenoxy) is 1. The van der Waals surface area contributed by atoms with E-state index in [1.807, 2.05) is 0 Å². The summed E-state index contributed by atoms with van der Waals surface area (Å²) in [5, 5.41) is 19.5. The van der Waals surface area contributed by atoms with Gasteiger partial charge in [-0.25, -0.2) is 4.79 Å². The highest BCUT2D eigenvalue weighted by Gasteiger charge is 2.18. The molecular formula is C10H10ClNO5. The molecule has 0 fully saturated rings. The number of nitrogens with zero attached hydrogens (tertiary/aromatic N) is 1. The first-order chi connectivity index (χ1) is 8.06. The van der Waals surface area contributed by atoms with Crippen molar-refractivity contribution in [2.75, 3.05) is 12.5 Å². The summed E-state index contributed by atoms with van der Waals surface area (Å²) in [5.74, 6) is -0.786. The molecule has 0 radical (unpaired) electrons. The lowest BCUT2D eigenvalue weighted by Gasteiger charge is -2.06. The van der Waals surface area contributed by atoms with Crippen molar-refractivity contribution in [3.8, 4) is 5.75 Å². The molecule has 92 valence electrons. The van der Waals surface area contributed by atoms with Crippen LogP contribution in [0.5, 0.6) is 5.75 Å². The average molecular weight is 260 g/mol. The van der Waals surface area contributed by atoms with Crippen molar-refractivity contribution in [3.05, 3.63) is 33.9 Å². The van der Waals surface area contributed by atoms with Gasteiger partial charge in [-0.15, -0.1) is 11.6 Å². The van der Waals surface area contributed by atoms with E-state index in [-0.39, 0.29) is 23.6 Å². The molecule has 0 atom stereocenters. The van der Waals surface area contributed by atoms with Gasteiger partial charge >= 0.3 is 11.7 Å². The van der Waals surface area contributed by atoms with Crippen LogP contribution in [-0.2, 0) is 0 Å². The average Bonchev–Trinajstić information content (AvgIpc) is 2.29. The molecule has 1 aromatic carbocycles. The molecule has 0 saturated heterocycles. The van der Waals surface area contributed by atoms with Gasteiger partial charge in [0.1, 0.15) is 0 Å². The normalized spacial score (nSPS) is 9.94. The number of rotatable bonds is 6. The summed E-state index contributed by atoms with van der Waals surface area (Å²) in [6.45, 7) is 0.247. The molecule has 0 aromatic heterocycles. The zero-order chi connectivity index (χ0) is 12.8. The van der Waals surface area contributed by atoms with E-state index in [1.165, 1.54) is 12.1 Å². The van der Waals surface area contributed by atoms with Crippen LogP contribution in [0.3, 0.4) is 0 Å². The van der Waals surface area contributed by atoms with Crippen LogP contribution >= 0.6 is 11.6 Å². The number of hydrogen-bond donors (Lipinski definition) is 1. The molecule has 0 spiro atoms. The van der Waals surface area contributed by atoms with Gasteiger partial charge in [0.15, 0.2) is 5.75 Å². The third-order valence-corrected chi connectivity index (χ3v) is 2.21. The van der Waals surface area contributed by atoms with E-state index in [4.69, 9.17) is 21.4 Å². The van der Waals surface area contributed by atoms with Crippen LogP contribution in [0.25, 0.3) is 0 Å². The van der Waals surface area contributed by atoms with Crippen LogP contribution in [0.1, 0.15) is 16.8 Å². The summed E-state index contributed by atoms with van der Waals surface area (Å²) in [7, 11) is 0. The first kappa shape index (κ1) is 13.2. The van der Waals surface area contributed by atoms with Gasteiger partial charge in [0.25, 0.3) is 0 Å². The molecule has 0 aliphatic heterocycles.